The number of carbonyl (C=O) groups excluding carboxylic acids is 1. The highest BCUT2D eigenvalue weighted by Crippen LogP contribution is 2.12. The molecule has 0 aliphatic heterocycles. The van der Waals surface area contributed by atoms with Gasteiger partial charge in [0.2, 0.25) is 0 Å². The van der Waals surface area contributed by atoms with Crippen molar-refractivity contribution in [3.8, 4) is 0 Å². The molecule has 0 unspecified atom stereocenters. The number of carboxylic acid groups (broad SMARTS) is 1. The van der Waals surface area contributed by atoms with Crippen molar-refractivity contribution in [2.75, 3.05) is 0 Å². The van der Waals surface area contributed by atoms with Crippen LogP contribution in [0, 0.1) is 0 Å². The highest BCUT2D eigenvalue weighted by atomic mass is 16.4. The highest BCUT2D eigenvalue weighted by molar-refractivity contribution is 5.97. The lowest BCUT2D eigenvalue weighted by Crippen LogP contribution is -2.25. The van der Waals surface area contributed by atoms with Crippen LogP contribution < -0.4 is 5.32 Å². The number of Topliss-reactive ketones (excluding diaryl/α,β-unsaturated/α-hetero) is 1. The molecule has 0 aromatic heterocycles. The van der Waals surface area contributed by atoms with Gasteiger partial charge in [-0.1, -0.05) is 70.8 Å². The first-order valence-electron chi connectivity index (χ1n) is 8.31. The van der Waals surface area contributed by atoms with Crippen molar-refractivity contribution >= 4 is 11.9 Å². The Morgan fingerprint density at radius 2 is 1.38 bits per heavy atom. The fraction of sp³-hybridized carbons (Fsp3) is 0.765. The van der Waals surface area contributed by atoms with E-state index in [2.05, 4.69) is 12.2 Å². The number of ketones is 1. The second kappa shape index (κ2) is 13.7. The van der Waals surface area contributed by atoms with Crippen LogP contribution >= 0.6 is 0 Å². The fourth-order valence-corrected chi connectivity index (χ4v) is 2.33. The van der Waals surface area contributed by atoms with Gasteiger partial charge in [0, 0.05) is 6.42 Å². The third-order valence-electron chi connectivity index (χ3n) is 3.59. The summed E-state index contributed by atoms with van der Waals surface area (Å²) in [6.07, 6.45) is 13.0. The SMILES string of the molecule is CC=C(NC(=O)O)C(=O)CCCCCCCCCCCC. The number of hydrogen-bond acceptors (Lipinski definition) is 2. The lowest BCUT2D eigenvalue weighted by atomic mass is 10.0. The summed E-state index contributed by atoms with van der Waals surface area (Å²) in [6, 6.07) is 0. The second-order valence-electron chi connectivity index (χ2n) is 5.49. The predicted molar refractivity (Wildman–Crippen MR) is 86.4 cm³/mol. The van der Waals surface area contributed by atoms with Crippen molar-refractivity contribution < 1.29 is 14.7 Å². The van der Waals surface area contributed by atoms with Crippen molar-refractivity contribution in [3.63, 3.8) is 0 Å². The Kier molecular flexibility index (Phi) is 12.8. The first kappa shape index (κ1) is 19.7. The number of rotatable bonds is 13. The molecule has 122 valence electrons. The predicted octanol–water partition coefficient (Wildman–Crippen LogP) is 5.04. The molecule has 4 heteroatoms. The summed E-state index contributed by atoms with van der Waals surface area (Å²) in [4.78, 5) is 22.3. The molecule has 0 fully saturated rings. The minimum Gasteiger partial charge on any atom is -0.465 e. The molecule has 0 aromatic carbocycles. The van der Waals surface area contributed by atoms with Gasteiger partial charge < -0.3 is 5.11 Å². The summed E-state index contributed by atoms with van der Waals surface area (Å²) < 4.78 is 0. The van der Waals surface area contributed by atoms with Gasteiger partial charge in [0.25, 0.3) is 0 Å². The lowest BCUT2D eigenvalue weighted by molar-refractivity contribution is -0.116. The molecule has 1 amide bonds. The normalized spacial score (nSPS) is 11.4. The van der Waals surface area contributed by atoms with E-state index in [-0.39, 0.29) is 11.5 Å². The van der Waals surface area contributed by atoms with Crippen LogP contribution in [0.15, 0.2) is 11.8 Å². The third kappa shape index (κ3) is 12.2. The maximum absolute atomic E-state index is 11.8. The zero-order chi connectivity index (χ0) is 15.9. The molecule has 4 nitrogen and oxygen atoms in total. The number of carbonyl (C=O) groups is 2. The van der Waals surface area contributed by atoms with Crippen LogP contribution in [0.3, 0.4) is 0 Å². The summed E-state index contributed by atoms with van der Waals surface area (Å²) in [7, 11) is 0. The van der Waals surface area contributed by atoms with Gasteiger partial charge in [-0.05, 0) is 13.3 Å². The first-order chi connectivity index (χ1) is 10.1. The van der Waals surface area contributed by atoms with Crippen molar-refractivity contribution in [3.05, 3.63) is 11.8 Å². The molecule has 0 radical (unpaired) electrons. The molecule has 0 spiro atoms. The molecule has 0 aliphatic rings. The smallest absolute Gasteiger partial charge is 0.409 e. The molecule has 0 heterocycles. The van der Waals surface area contributed by atoms with Crippen molar-refractivity contribution in [1.29, 1.82) is 0 Å². The van der Waals surface area contributed by atoms with Gasteiger partial charge in [-0.15, -0.1) is 0 Å². The molecule has 21 heavy (non-hydrogen) atoms. The van der Waals surface area contributed by atoms with E-state index in [1.807, 2.05) is 0 Å². The topological polar surface area (TPSA) is 66.4 Å². The van der Waals surface area contributed by atoms with Crippen LogP contribution in [-0.4, -0.2) is 17.0 Å². The van der Waals surface area contributed by atoms with E-state index < -0.39 is 6.09 Å². The van der Waals surface area contributed by atoms with Crippen LogP contribution in [0.1, 0.15) is 84.5 Å². The minimum absolute atomic E-state index is 0.112. The molecule has 2 N–H and O–H groups in total. The fourth-order valence-electron chi connectivity index (χ4n) is 2.33. The first-order valence-corrected chi connectivity index (χ1v) is 8.31. The summed E-state index contributed by atoms with van der Waals surface area (Å²) in [5.74, 6) is -0.112. The average Bonchev–Trinajstić information content (AvgIpc) is 2.46. The monoisotopic (exact) mass is 297 g/mol. The zero-order valence-electron chi connectivity index (χ0n) is 13.6. The van der Waals surface area contributed by atoms with Gasteiger partial charge in [-0.2, -0.15) is 0 Å². The van der Waals surface area contributed by atoms with E-state index in [4.69, 9.17) is 5.11 Å². The van der Waals surface area contributed by atoms with Crippen LogP contribution in [0.25, 0.3) is 0 Å². The van der Waals surface area contributed by atoms with E-state index in [1.54, 1.807) is 6.92 Å². The maximum Gasteiger partial charge on any atom is 0.409 e. The van der Waals surface area contributed by atoms with Crippen LogP contribution in [0.5, 0.6) is 0 Å². The Labute approximate surface area is 129 Å². The van der Waals surface area contributed by atoms with Gasteiger partial charge in [-0.3, -0.25) is 10.1 Å². The zero-order valence-corrected chi connectivity index (χ0v) is 13.6. The number of amides is 1. The Hall–Kier alpha value is -1.32. The van der Waals surface area contributed by atoms with Gasteiger partial charge >= 0.3 is 6.09 Å². The van der Waals surface area contributed by atoms with Crippen molar-refractivity contribution in [2.45, 2.75) is 84.5 Å². The van der Waals surface area contributed by atoms with E-state index in [0.29, 0.717) is 6.42 Å². The number of allylic oxidation sites excluding steroid dienone is 2. The molecule has 0 aliphatic carbocycles. The van der Waals surface area contributed by atoms with Crippen molar-refractivity contribution in [2.24, 2.45) is 0 Å². The Morgan fingerprint density at radius 3 is 1.81 bits per heavy atom. The standard InChI is InChI=1S/C17H31NO3/c1-3-5-6-7-8-9-10-11-12-13-14-16(19)15(4-2)18-17(20)21/h4,18H,3,5-14H2,1-2H3,(H,20,21). The number of unbranched alkanes of at least 4 members (excludes halogenated alkanes) is 9. The Balaban J connectivity index is 3.49. The van der Waals surface area contributed by atoms with E-state index in [9.17, 15) is 9.59 Å². The van der Waals surface area contributed by atoms with Crippen LogP contribution in [-0.2, 0) is 4.79 Å². The molecule has 0 saturated heterocycles. The average molecular weight is 297 g/mol. The number of nitrogens with one attached hydrogen (secondary N) is 1. The molecule has 0 atom stereocenters. The van der Waals surface area contributed by atoms with Crippen LogP contribution in [0.2, 0.25) is 0 Å². The molecule has 0 rings (SSSR count). The van der Waals surface area contributed by atoms with E-state index >= 15 is 0 Å². The van der Waals surface area contributed by atoms with Crippen LogP contribution in [0.4, 0.5) is 4.79 Å². The molecule has 0 aromatic rings. The summed E-state index contributed by atoms with van der Waals surface area (Å²) in [5, 5.41) is 10.7. The maximum atomic E-state index is 11.8. The Bertz CT molecular complexity index is 324. The third-order valence-corrected chi connectivity index (χ3v) is 3.59. The molecular formula is C17H31NO3. The highest BCUT2D eigenvalue weighted by Gasteiger charge is 2.10. The van der Waals surface area contributed by atoms with Gasteiger partial charge in [0.15, 0.2) is 5.78 Å². The summed E-state index contributed by atoms with van der Waals surface area (Å²) in [5.41, 5.74) is 0.193. The molecule has 0 saturated carbocycles. The lowest BCUT2D eigenvalue weighted by Gasteiger charge is -2.05. The summed E-state index contributed by atoms with van der Waals surface area (Å²) >= 11 is 0. The van der Waals surface area contributed by atoms with Crippen molar-refractivity contribution in [1.82, 2.24) is 5.32 Å². The van der Waals surface area contributed by atoms with Gasteiger partial charge in [-0.25, -0.2) is 4.79 Å². The van der Waals surface area contributed by atoms with E-state index in [1.165, 1.54) is 57.4 Å². The van der Waals surface area contributed by atoms with E-state index in [0.717, 1.165) is 12.8 Å². The molecular weight excluding hydrogens is 266 g/mol. The van der Waals surface area contributed by atoms with Gasteiger partial charge in [0.05, 0.1) is 5.70 Å². The largest absolute Gasteiger partial charge is 0.465 e. The van der Waals surface area contributed by atoms with Gasteiger partial charge in [0.1, 0.15) is 0 Å². The number of hydrogen-bond donors (Lipinski definition) is 2. The second-order valence-corrected chi connectivity index (χ2v) is 5.49. The molecule has 0 bridgehead atoms. The Morgan fingerprint density at radius 1 is 0.905 bits per heavy atom. The quantitative estimate of drug-likeness (QED) is 0.370. The summed E-state index contributed by atoms with van der Waals surface area (Å²) in [6.45, 7) is 3.90. The minimum atomic E-state index is -1.18.